The van der Waals surface area contributed by atoms with Crippen molar-refractivity contribution in [2.24, 2.45) is 0 Å². The Morgan fingerprint density at radius 2 is 0.794 bits per heavy atom. The van der Waals surface area contributed by atoms with Gasteiger partial charge in [-0.1, -0.05) is 23.7 Å². The highest BCUT2D eigenvalue weighted by Crippen LogP contribution is 2.33. The third-order valence-corrected chi connectivity index (χ3v) is 21.1. The number of fused-ring (bicyclic) bond motifs is 3. The number of H-pyrrole nitrogens is 4. The highest BCUT2D eigenvalue weighted by molar-refractivity contribution is 6.05. The Hall–Kier alpha value is -16.2. The Morgan fingerprint density at radius 1 is 0.427 bits per heavy atom. The number of rotatable bonds is 14. The van der Waals surface area contributed by atoms with Crippen LogP contribution in [0.15, 0.2) is 171 Å². The van der Waals surface area contributed by atoms with Gasteiger partial charge in [0.2, 0.25) is 0 Å². The zero-order chi connectivity index (χ0) is 91.5. The second kappa shape index (κ2) is 41.5. The molecule has 0 spiro atoms. The van der Waals surface area contributed by atoms with Gasteiger partial charge in [0, 0.05) is 187 Å². The number of ether oxygens (including phenoxy) is 5. The van der Waals surface area contributed by atoms with Gasteiger partial charge in [-0.15, -0.1) is 0 Å². The van der Waals surface area contributed by atoms with Crippen LogP contribution in [0.2, 0.25) is 0 Å². The van der Waals surface area contributed by atoms with Crippen LogP contribution in [0.3, 0.4) is 0 Å². The lowest BCUT2D eigenvalue weighted by molar-refractivity contribution is -0.385. The average Bonchev–Trinajstić information content (AvgIpc) is 1.67. The lowest BCUT2D eigenvalue weighted by Gasteiger charge is -2.27. The average molecular weight is 1780 g/mol. The number of aromatic nitrogens is 15. The van der Waals surface area contributed by atoms with E-state index < -0.39 is 38.4 Å². The summed E-state index contributed by atoms with van der Waals surface area (Å²) in [4.78, 5) is 118. The molecule has 0 unspecified atom stereocenters. The fraction of sp³-hybridized carbons (Fsp3) is 0.261. The summed E-state index contributed by atoms with van der Waals surface area (Å²) in [6.45, 7) is 18.5. The van der Waals surface area contributed by atoms with Crippen LogP contribution in [0.1, 0.15) is 44.0 Å². The number of aryl methyl sites for hydroxylation is 1. The number of nitrogens with two attached hydrogens (primary N) is 2. The Kier molecular flexibility index (Phi) is 28.4. The van der Waals surface area contributed by atoms with Crippen molar-refractivity contribution in [3.8, 4) is 57.5 Å². The van der Waals surface area contributed by atoms with E-state index in [2.05, 4.69) is 142 Å². The van der Waals surface area contributed by atoms with E-state index >= 15 is 0 Å². The molecule has 0 aromatic carbocycles. The number of hydrogen-bond acceptors (Lipinski definition) is 31. The standard InChI is InChI=1S/C22H23N7O2.C18H14F3N5O4.2C16H15N5O3.C16H17N5O/c1-13-14(2)27-28-20(13)22(30)25-17-9-16-10-18(26-21(16)24-12-17)15-3-4-23-19(11-15)29-5-7-31-8-6-29;19-18(20,21)17(27)24-16-13(10-14(11-23-16)26(28)29)2-1-12-3-4-22-15(9-12)25-5-7-30-8-6-25;22-21(23)13-7-12-8-14(19-16(12)18-10-13)11-1-2-17-15(9-11)20-3-5-24-6-4-20;17-16-13(10-14(11-19-16)21(22)23)2-1-12-3-4-18-15(9-12)20-5-7-24-8-6-20;17-13-7-12-8-14(20-16(12)19-10-13)11-1-2-18-15(9-11)21-3-5-22-6-4-21/h3-4,9-12H,5-8H2,1-2H3,(H,24,26)(H,25,30)(H,27,28);3-4,9-11H,5-8H2,(H,23,24,27);1-2,7-10H,3-6H2,(H,18,19);3-4,9-11H,5-8H2,(H2,17,19);1-2,7-10H,3-6,17H2,(H,19,20). The highest BCUT2D eigenvalue weighted by Gasteiger charge is 2.39. The van der Waals surface area contributed by atoms with E-state index in [4.69, 9.17) is 35.2 Å². The first-order valence-corrected chi connectivity index (χ1v) is 41.1. The Balaban J connectivity index is 0.000000126. The molecule has 14 aromatic rings. The minimum atomic E-state index is -5.15. The number of amides is 2. The lowest BCUT2D eigenvalue weighted by Crippen LogP contribution is -2.36. The van der Waals surface area contributed by atoms with Crippen LogP contribution in [0.5, 0.6) is 0 Å². The smallest absolute Gasteiger partial charge is 0.397 e. The summed E-state index contributed by atoms with van der Waals surface area (Å²) < 4.78 is 64.4. The molecule has 0 saturated carbocycles. The van der Waals surface area contributed by atoms with E-state index in [0.29, 0.717) is 111 Å². The predicted octanol–water partition coefficient (Wildman–Crippen LogP) is 10.8. The second-order valence-corrected chi connectivity index (χ2v) is 29.8. The highest BCUT2D eigenvalue weighted by atomic mass is 19.4. The maximum Gasteiger partial charge on any atom is 0.471 e. The maximum absolute atomic E-state index is 12.5. The molecule has 5 fully saturated rings. The van der Waals surface area contributed by atoms with Crippen LogP contribution in [0, 0.1) is 67.9 Å². The first-order chi connectivity index (χ1) is 63.4. The number of nitro groups is 3. The lowest BCUT2D eigenvalue weighted by atomic mass is 10.1. The van der Waals surface area contributed by atoms with Gasteiger partial charge >= 0.3 is 12.1 Å². The Morgan fingerprint density at radius 3 is 1.21 bits per heavy atom. The van der Waals surface area contributed by atoms with Crippen molar-refractivity contribution in [1.82, 2.24) is 75.0 Å². The quantitative estimate of drug-likeness (QED) is 0.0285. The summed E-state index contributed by atoms with van der Waals surface area (Å²) in [5.74, 6) is 12.5. The first kappa shape index (κ1) is 89.6. The number of halogens is 3. The number of morpholine rings is 5. The number of aromatic amines is 4. The molecule has 0 radical (unpaired) electrons. The number of alkyl halides is 3. The van der Waals surface area contributed by atoms with Gasteiger partial charge in [-0.2, -0.15) is 18.3 Å². The van der Waals surface area contributed by atoms with E-state index in [1.54, 1.807) is 48.3 Å². The molecule has 40 nitrogen and oxygen atoms in total. The number of pyridine rings is 10. The molecule has 10 N–H and O–H groups in total. The van der Waals surface area contributed by atoms with Gasteiger partial charge in [0.15, 0.2) is 5.69 Å². The molecule has 5 aliphatic heterocycles. The zero-order valence-corrected chi connectivity index (χ0v) is 70.4. The van der Waals surface area contributed by atoms with Crippen molar-refractivity contribution in [2.45, 2.75) is 20.0 Å². The van der Waals surface area contributed by atoms with Crippen molar-refractivity contribution in [1.29, 1.82) is 0 Å². The predicted molar refractivity (Wildman–Crippen MR) is 482 cm³/mol. The van der Waals surface area contributed by atoms with Crippen LogP contribution >= 0.6 is 0 Å². The van der Waals surface area contributed by atoms with Gasteiger partial charge in [-0.05, 0) is 105 Å². The molecule has 43 heteroatoms. The molecular formula is C88H84F3N27O13. The second-order valence-electron chi connectivity index (χ2n) is 29.8. The van der Waals surface area contributed by atoms with Crippen LogP contribution in [0.25, 0.3) is 66.9 Å². The van der Waals surface area contributed by atoms with Crippen LogP contribution in [-0.2, 0) is 28.5 Å². The van der Waals surface area contributed by atoms with Gasteiger partial charge in [0.1, 0.15) is 76.3 Å². The monoisotopic (exact) mass is 1780 g/mol. The van der Waals surface area contributed by atoms with E-state index in [9.17, 15) is 53.1 Å². The molecule has 5 saturated heterocycles. The zero-order valence-electron chi connectivity index (χ0n) is 70.4. The number of nitrogens with zero attached hydrogens (tertiary/aromatic N) is 19. The van der Waals surface area contributed by atoms with Crippen molar-refractivity contribution in [3.63, 3.8) is 0 Å². The summed E-state index contributed by atoms with van der Waals surface area (Å²) in [7, 11) is 0. The molecule has 19 rings (SSSR count). The normalized spacial score (nSPS) is 14.4. The molecule has 0 aliphatic carbocycles. The molecule has 131 heavy (non-hydrogen) atoms. The van der Waals surface area contributed by atoms with E-state index in [1.165, 1.54) is 24.5 Å². The molecule has 5 aliphatic rings. The van der Waals surface area contributed by atoms with Gasteiger partial charge in [-0.3, -0.25) is 45.0 Å². The molecule has 0 atom stereocenters. The fourth-order valence-electron chi connectivity index (χ4n) is 14.0. The van der Waals surface area contributed by atoms with Crippen molar-refractivity contribution < 1.29 is 61.2 Å². The molecule has 14 aromatic heterocycles. The number of nitrogens with one attached hydrogen (secondary N) is 6. The topological polar surface area (TPSA) is 507 Å². The summed E-state index contributed by atoms with van der Waals surface area (Å²) in [5.41, 5.74) is 23.7. The van der Waals surface area contributed by atoms with Crippen molar-refractivity contribution in [2.75, 3.05) is 178 Å². The first-order valence-electron chi connectivity index (χ1n) is 41.1. The third-order valence-electron chi connectivity index (χ3n) is 21.1. The van der Waals surface area contributed by atoms with Crippen molar-refractivity contribution >= 4 is 114 Å². The van der Waals surface area contributed by atoms with Gasteiger partial charge < -0.3 is 85.2 Å². The number of anilines is 9. The minimum Gasteiger partial charge on any atom is -0.397 e. The number of hydrogen-bond donors (Lipinski definition) is 8. The van der Waals surface area contributed by atoms with Gasteiger partial charge in [-0.25, -0.2) is 49.8 Å². The van der Waals surface area contributed by atoms with Crippen LogP contribution in [0.4, 0.5) is 82.3 Å². The number of nitrogen functional groups attached to an aromatic ring is 2. The summed E-state index contributed by atoms with van der Waals surface area (Å²) in [5, 5.41) is 46.7. The van der Waals surface area contributed by atoms with E-state index in [-0.39, 0.29) is 28.7 Å². The largest absolute Gasteiger partial charge is 0.471 e. The van der Waals surface area contributed by atoms with E-state index in [1.807, 2.05) is 85.7 Å². The van der Waals surface area contributed by atoms with E-state index in [0.717, 1.165) is 180 Å². The summed E-state index contributed by atoms with van der Waals surface area (Å²) in [6, 6.07) is 32.5. The summed E-state index contributed by atoms with van der Waals surface area (Å²) in [6.07, 6.45) is 9.89. The molecule has 0 bridgehead atoms. The number of carbonyl (C=O) groups is 2. The van der Waals surface area contributed by atoms with Crippen LogP contribution in [-0.4, -0.2) is 239 Å². The molecular weight excluding hydrogens is 1700 g/mol. The Labute approximate surface area is 743 Å². The van der Waals surface area contributed by atoms with Crippen molar-refractivity contribution in [3.05, 3.63) is 241 Å². The van der Waals surface area contributed by atoms with Crippen LogP contribution < -0.4 is 46.6 Å². The SMILES string of the molecule is Cc1[nH]nc(C(=O)Nc2cnc3[nH]c(-c4ccnc(N5CCOCC5)c4)cc3c2)c1C.Nc1cnc2[nH]c(-c3ccnc(N4CCOCC4)c3)cc2c1.Nc1ncc([N+](=O)[O-])cc1C#Cc1ccnc(N2CCOCC2)c1.O=C(Nc1ncc([N+](=O)[O-])cc1C#Cc1ccnc(N2CCOCC2)c1)C(F)(F)F.O=[N+]([O-])c1cnc2[nH]c(-c3ccnc(N4CCOCC4)c3)cc2c1. The number of carbonyl (C=O) groups excluding carboxylic acids is 2. The third kappa shape index (κ3) is 23.2. The maximum atomic E-state index is 12.5. The van der Waals surface area contributed by atoms with Gasteiger partial charge in [0.05, 0.1) is 116 Å². The minimum absolute atomic E-state index is 0.0169. The molecule has 19 heterocycles. The van der Waals surface area contributed by atoms with Gasteiger partial charge in [0.25, 0.3) is 23.0 Å². The summed E-state index contributed by atoms with van der Waals surface area (Å²) >= 11 is 0. The fourth-order valence-corrected chi connectivity index (χ4v) is 14.0. The molecule has 2 amide bonds. The Bertz CT molecular complexity index is 6640. The molecule has 670 valence electrons.